The quantitative estimate of drug-likeness (QED) is 0.657. The van der Waals surface area contributed by atoms with Crippen LogP contribution in [0.3, 0.4) is 0 Å². The smallest absolute Gasteiger partial charge is 0.165 e. The summed E-state index contributed by atoms with van der Waals surface area (Å²) in [4.78, 5) is 0. The molecule has 3 N–H and O–H groups in total. The molecule has 1 unspecified atom stereocenters. The van der Waals surface area contributed by atoms with E-state index >= 15 is 0 Å². The van der Waals surface area contributed by atoms with E-state index in [0.29, 0.717) is 17.1 Å². The number of hydrazine groups is 1. The molecule has 0 heterocycles. The molecule has 0 saturated carbocycles. The van der Waals surface area contributed by atoms with Crippen LogP contribution in [0, 0.1) is 11.6 Å². The standard InChI is InChI=1S/C15H16F2N2O2/c1-20-12-8-3-5-9(15(12)21-2)14(19-18)13-10(16)6-4-7-11(13)17/h3-8,14,19H,18H2,1-2H3. The van der Waals surface area contributed by atoms with Crippen LogP contribution in [0.1, 0.15) is 17.2 Å². The molecular weight excluding hydrogens is 278 g/mol. The highest BCUT2D eigenvalue weighted by molar-refractivity contribution is 5.51. The Hall–Kier alpha value is -2.18. The summed E-state index contributed by atoms with van der Waals surface area (Å²) in [5.74, 6) is 4.94. The van der Waals surface area contributed by atoms with Crippen molar-refractivity contribution in [1.82, 2.24) is 5.43 Å². The van der Waals surface area contributed by atoms with E-state index in [1.165, 1.54) is 32.4 Å². The largest absolute Gasteiger partial charge is 0.493 e. The monoisotopic (exact) mass is 294 g/mol. The van der Waals surface area contributed by atoms with E-state index in [-0.39, 0.29) is 5.56 Å². The lowest BCUT2D eigenvalue weighted by Gasteiger charge is -2.21. The van der Waals surface area contributed by atoms with E-state index in [4.69, 9.17) is 15.3 Å². The molecule has 2 aromatic rings. The fraction of sp³-hybridized carbons (Fsp3) is 0.200. The molecule has 0 saturated heterocycles. The molecule has 0 radical (unpaired) electrons. The lowest BCUT2D eigenvalue weighted by molar-refractivity contribution is 0.348. The Balaban J connectivity index is 2.62. The summed E-state index contributed by atoms with van der Waals surface area (Å²) in [6.07, 6.45) is 0. The summed E-state index contributed by atoms with van der Waals surface area (Å²) in [7, 11) is 2.93. The average Bonchev–Trinajstić information content (AvgIpc) is 2.50. The maximum atomic E-state index is 14.0. The maximum Gasteiger partial charge on any atom is 0.165 e. The van der Waals surface area contributed by atoms with Crippen molar-refractivity contribution in [2.45, 2.75) is 6.04 Å². The molecule has 0 aromatic heterocycles. The van der Waals surface area contributed by atoms with Gasteiger partial charge in [-0.3, -0.25) is 5.84 Å². The third-order valence-corrected chi connectivity index (χ3v) is 3.20. The van der Waals surface area contributed by atoms with Gasteiger partial charge in [-0.2, -0.15) is 0 Å². The number of methoxy groups -OCH3 is 2. The first kappa shape index (κ1) is 15.2. The molecule has 1 atom stereocenters. The van der Waals surface area contributed by atoms with Crippen LogP contribution in [0.25, 0.3) is 0 Å². The zero-order valence-electron chi connectivity index (χ0n) is 11.7. The first-order valence-electron chi connectivity index (χ1n) is 6.25. The number of nitrogens with two attached hydrogens (primary N) is 1. The van der Waals surface area contributed by atoms with E-state index in [0.717, 1.165) is 0 Å². The van der Waals surface area contributed by atoms with Gasteiger partial charge in [-0.05, 0) is 18.2 Å². The molecule has 21 heavy (non-hydrogen) atoms. The van der Waals surface area contributed by atoms with Crippen molar-refractivity contribution in [2.24, 2.45) is 5.84 Å². The Morgan fingerprint density at radius 2 is 1.62 bits per heavy atom. The lowest BCUT2D eigenvalue weighted by atomic mass is 9.97. The van der Waals surface area contributed by atoms with Crippen LogP contribution < -0.4 is 20.7 Å². The normalized spacial score (nSPS) is 12.0. The number of hydrogen-bond acceptors (Lipinski definition) is 4. The van der Waals surface area contributed by atoms with Crippen LogP contribution in [0.2, 0.25) is 0 Å². The maximum absolute atomic E-state index is 14.0. The molecule has 0 fully saturated rings. The van der Waals surface area contributed by atoms with Gasteiger partial charge in [0.2, 0.25) is 0 Å². The number of halogens is 2. The zero-order chi connectivity index (χ0) is 15.4. The molecule has 2 rings (SSSR count). The summed E-state index contributed by atoms with van der Waals surface area (Å²) >= 11 is 0. The van der Waals surface area contributed by atoms with E-state index in [1.54, 1.807) is 18.2 Å². The topological polar surface area (TPSA) is 56.5 Å². The van der Waals surface area contributed by atoms with E-state index < -0.39 is 17.7 Å². The van der Waals surface area contributed by atoms with Gasteiger partial charge in [-0.25, -0.2) is 14.2 Å². The molecule has 0 aliphatic rings. The highest BCUT2D eigenvalue weighted by Crippen LogP contribution is 2.38. The van der Waals surface area contributed by atoms with Crippen LogP contribution in [-0.2, 0) is 0 Å². The molecule has 0 bridgehead atoms. The molecular formula is C15H16F2N2O2. The summed E-state index contributed by atoms with van der Waals surface area (Å²) in [5, 5.41) is 0. The summed E-state index contributed by atoms with van der Waals surface area (Å²) < 4.78 is 38.4. The predicted octanol–water partition coefficient (Wildman–Crippen LogP) is 2.53. The van der Waals surface area contributed by atoms with Gasteiger partial charge < -0.3 is 9.47 Å². The van der Waals surface area contributed by atoms with Gasteiger partial charge in [-0.1, -0.05) is 18.2 Å². The van der Waals surface area contributed by atoms with Crippen molar-refractivity contribution in [1.29, 1.82) is 0 Å². The fourth-order valence-corrected chi connectivity index (χ4v) is 2.25. The lowest BCUT2D eigenvalue weighted by Crippen LogP contribution is -2.30. The molecule has 6 heteroatoms. The SMILES string of the molecule is COc1cccc(C(NN)c2c(F)cccc2F)c1OC. The Kier molecular flexibility index (Phi) is 4.72. The molecule has 4 nitrogen and oxygen atoms in total. The van der Waals surface area contributed by atoms with Crippen LogP contribution in [0.15, 0.2) is 36.4 Å². The van der Waals surface area contributed by atoms with Crippen molar-refractivity contribution in [2.75, 3.05) is 14.2 Å². The molecule has 0 aliphatic carbocycles. The van der Waals surface area contributed by atoms with Gasteiger partial charge >= 0.3 is 0 Å². The van der Waals surface area contributed by atoms with Crippen molar-refractivity contribution in [3.05, 3.63) is 59.2 Å². The van der Waals surface area contributed by atoms with E-state index in [9.17, 15) is 8.78 Å². The zero-order valence-corrected chi connectivity index (χ0v) is 11.7. The Bertz CT molecular complexity index is 615. The van der Waals surface area contributed by atoms with Crippen LogP contribution in [-0.4, -0.2) is 14.2 Å². The van der Waals surface area contributed by atoms with Crippen LogP contribution in [0.4, 0.5) is 8.78 Å². The van der Waals surface area contributed by atoms with Crippen molar-refractivity contribution >= 4 is 0 Å². The molecule has 112 valence electrons. The number of hydrogen-bond donors (Lipinski definition) is 2. The third-order valence-electron chi connectivity index (χ3n) is 3.20. The third kappa shape index (κ3) is 2.81. The minimum atomic E-state index is -0.906. The predicted molar refractivity (Wildman–Crippen MR) is 75.1 cm³/mol. The number of benzene rings is 2. The van der Waals surface area contributed by atoms with Gasteiger partial charge in [0.25, 0.3) is 0 Å². The van der Waals surface area contributed by atoms with E-state index in [1.807, 2.05) is 0 Å². The van der Waals surface area contributed by atoms with Crippen LogP contribution in [0.5, 0.6) is 11.5 Å². The molecule has 0 amide bonds. The number of para-hydroxylation sites is 1. The van der Waals surface area contributed by atoms with E-state index in [2.05, 4.69) is 5.43 Å². The summed E-state index contributed by atoms with van der Waals surface area (Å²) in [5.41, 5.74) is 2.73. The first-order chi connectivity index (χ1) is 10.1. The molecule has 0 aliphatic heterocycles. The number of rotatable bonds is 5. The van der Waals surface area contributed by atoms with Crippen molar-refractivity contribution < 1.29 is 18.3 Å². The molecule has 0 spiro atoms. The second-order valence-electron chi connectivity index (χ2n) is 4.32. The van der Waals surface area contributed by atoms with Crippen LogP contribution >= 0.6 is 0 Å². The Morgan fingerprint density at radius 3 is 2.14 bits per heavy atom. The van der Waals surface area contributed by atoms with Gasteiger partial charge in [-0.15, -0.1) is 0 Å². The van der Waals surface area contributed by atoms with Crippen molar-refractivity contribution in [3.63, 3.8) is 0 Å². The van der Waals surface area contributed by atoms with Crippen molar-refractivity contribution in [3.8, 4) is 11.5 Å². The second kappa shape index (κ2) is 6.51. The molecule has 2 aromatic carbocycles. The average molecular weight is 294 g/mol. The highest BCUT2D eigenvalue weighted by atomic mass is 19.1. The summed E-state index contributed by atoms with van der Waals surface area (Å²) in [6, 6.07) is 7.79. The van der Waals surface area contributed by atoms with Gasteiger partial charge in [0.1, 0.15) is 11.6 Å². The highest BCUT2D eigenvalue weighted by Gasteiger charge is 2.25. The van der Waals surface area contributed by atoms with Gasteiger partial charge in [0.15, 0.2) is 11.5 Å². The van der Waals surface area contributed by atoms with Gasteiger partial charge in [0.05, 0.1) is 20.3 Å². The number of ether oxygens (including phenoxy) is 2. The fourth-order valence-electron chi connectivity index (χ4n) is 2.25. The second-order valence-corrected chi connectivity index (χ2v) is 4.32. The van der Waals surface area contributed by atoms with Gasteiger partial charge in [0, 0.05) is 11.1 Å². The first-order valence-corrected chi connectivity index (χ1v) is 6.25. The Labute approximate surface area is 121 Å². The minimum absolute atomic E-state index is 0.174. The summed E-state index contributed by atoms with van der Waals surface area (Å²) in [6.45, 7) is 0. The Morgan fingerprint density at radius 1 is 1.00 bits per heavy atom. The minimum Gasteiger partial charge on any atom is -0.493 e. The number of nitrogens with one attached hydrogen (secondary N) is 1.